The molecule has 0 bridgehead atoms. The lowest BCUT2D eigenvalue weighted by molar-refractivity contribution is -0.153. The van der Waals surface area contributed by atoms with Gasteiger partial charge < -0.3 is 9.47 Å². The average Bonchev–Trinajstić information content (AvgIpc) is 2.81. The lowest BCUT2D eigenvalue weighted by Crippen LogP contribution is -2.19. The monoisotopic (exact) mass is 548 g/mol. The molecule has 0 atom stereocenters. The van der Waals surface area contributed by atoms with Crippen LogP contribution in [0.4, 0.5) is 19.0 Å². The Morgan fingerprint density at radius 2 is 1.73 bits per heavy atom. The first-order chi connectivity index (χ1) is 17.4. The number of benzene rings is 3. The van der Waals surface area contributed by atoms with E-state index in [0.29, 0.717) is 16.8 Å². The summed E-state index contributed by atoms with van der Waals surface area (Å²) >= 11 is 6.03. The van der Waals surface area contributed by atoms with E-state index >= 15 is 0 Å². The van der Waals surface area contributed by atoms with Crippen molar-refractivity contribution in [1.29, 1.82) is 5.26 Å². The maximum Gasteiger partial charge on any atom is 0.422 e. The van der Waals surface area contributed by atoms with Crippen LogP contribution in [0.1, 0.15) is 5.56 Å². The van der Waals surface area contributed by atoms with Gasteiger partial charge in [0.05, 0.1) is 34.1 Å². The maximum atomic E-state index is 12.5. The molecule has 0 saturated heterocycles. The number of rotatable bonds is 7. The standard InChI is InChI=1S/C24H16ClF3N4O4S/c1-37(33,34)32-22-12-30-21-9-15(4-7-20(21)31-22)14-2-5-17(6-3-14)36-18-8-16(11-29)23(19(25)10-18)35-13-24(26,27)28/h2-10,12H,13H2,1H3,(H,31,32). The molecule has 0 radical (unpaired) electrons. The number of anilines is 1. The fourth-order valence-corrected chi connectivity index (χ4v) is 4.03. The van der Waals surface area contributed by atoms with E-state index in [1.807, 2.05) is 0 Å². The Labute approximate surface area is 214 Å². The lowest BCUT2D eigenvalue weighted by Gasteiger charge is -2.14. The molecule has 0 amide bonds. The molecule has 13 heteroatoms. The van der Waals surface area contributed by atoms with Crippen LogP contribution in [0.2, 0.25) is 5.02 Å². The Bertz CT molecular complexity index is 1620. The minimum Gasteiger partial charge on any atom is -0.481 e. The minimum absolute atomic E-state index is 0.115. The van der Waals surface area contributed by atoms with Gasteiger partial charge in [-0.15, -0.1) is 0 Å². The summed E-state index contributed by atoms with van der Waals surface area (Å²) in [6.07, 6.45) is -2.23. The summed E-state index contributed by atoms with van der Waals surface area (Å²) in [6.45, 7) is -1.58. The Kier molecular flexibility index (Phi) is 7.11. The van der Waals surface area contributed by atoms with Crippen LogP contribution in [0.3, 0.4) is 0 Å². The molecule has 37 heavy (non-hydrogen) atoms. The molecule has 0 unspecified atom stereocenters. The number of fused-ring (bicyclic) bond motifs is 1. The van der Waals surface area contributed by atoms with Crippen molar-refractivity contribution in [2.75, 3.05) is 17.6 Å². The maximum absolute atomic E-state index is 12.5. The number of nitrogens with one attached hydrogen (secondary N) is 1. The summed E-state index contributed by atoms with van der Waals surface area (Å²) in [4.78, 5) is 8.49. The Morgan fingerprint density at radius 1 is 1.03 bits per heavy atom. The van der Waals surface area contributed by atoms with Crippen molar-refractivity contribution >= 4 is 38.5 Å². The molecule has 1 N–H and O–H groups in total. The summed E-state index contributed by atoms with van der Waals surface area (Å²) in [7, 11) is -3.48. The molecule has 1 heterocycles. The van der Waals surface area contributed by atoms with Crippen LogP contribution in [0.25, 0.3) is 22.2 Å². The minimum atomic E-state index is -4.58. The van der Waals surface area contributed by atoms with Gasteiger partial charge in [0.2, 0.25) is 10.0 Å². The zero-order valence-corrected chi connectivity index (χ0v) is 20.4. The molecule has 0 spiro atoms. The second-order valence-corrected chi connectivity index (χ2v) is 9.91. The van der Waals surface area contributed by atoms with Crippen LogP contribution in [-0.2, 0) is 10.0 Å². The molecule has 4 rings (SSSR count). The molecular formula is C24H16ClF3N4O4S. The van der Waals surface area contributed by atoms with E-state index in [4.69, 9.17) is 16.3 Å². The van der Waals surface area contributed by atoms with Crippen molar-refractivity contribution in [2.45, 2.75) is 6.18 Å². The largest absolute Gasteiger partial charge is 0.481 e. The van der Waals surface area contributed by atoms with Crippen molar-refractivity contribution in [3.05, 3.63) is 71.4 Å². The fourth-order valence-electron chi connectivity index (χ4n) is 3.29. The van der Waals surface area contributed by atoms with Crippen LogP contribution in [0.5, 0.6) is 17.2 Å². The van der Waals surface area contributed by atoms with Gasteiger partial charge in [0.25, 0.3) is 0 Å². The van der Waals surface area contributed by atoms with Gasteiger partial charge in [-0.3, -0.25) is 9.71 Å². The van der Waals surface area contributed by atoms with E-state index in [9.17, 15) is 26.9 Å². The Morgan fingerprint density at radius 3 is 2.38 bits per heavy atom. The molecule has 0 aliphatic rings. The van der Waals surface area contributed by atoms with Crippen LogP contribution in [-0.4, -0.2) is 37.4 Å². The first-order valence-electron chi connectivity index (χ1n) is 10.4. The highest BCUT2D eigenvalue weighted by molar-refractivity contribution is 7.92. The Hall–Kier alpha value is -4.08. The zero-order chi connectivity index (χ0) is 26.8. The molecule has 0 fully saturated rings. The number of hydrogen-bond acceptors (Lipinski definition) is 7. The molecule has 4 aromatic rings. The first kappa shape index (κ1) is 26.0. The molecule has 0 aliphatic carbocycles. The molecule has 0 aliphatic heterocycles. The van der Waals surface area contributed by atoms with Crippen LogP contribution < -0.4 is 14.2 Å². The first-order valence-corrected chi connectivity index (χ1v) is 12.6. The molecule has 1 aromatic heterocycles. The van der Waals surface area contributed by atoms with Gasteiger partial charge in [-0.05, 0) is 35.4 Å². The molecular weight excluding hydrogens is 533 g/mol. The van der Waals surface area contributed by atoms with Gasteiger partial charge in [-0.1, -0.05) is 29.8 Å². The van der Waals surface area contributed by atoms with Crippen LogP contribution in [0.15, 0.2) is 60.8 Å². The molecule has 0 saturated carbocycles. The summed E-state index contributed by atoms with van der Waals surface area (Å²) in [5, 5.41) is 9.11. The highest BCUT2D eigenvalue weighted by atomic mass is 35.5. The normalized spacial score (nSPS) is 11.7. The fraction of sp³-hybridized carbons (Fsp3) is 0.125. The van der Waals surface area contributed by atoms with Crippen molar-refractivity contribution in [2.24, 2.45) is 0 Å². The van der Waals surface area contributed by atoms with E-state index in [0.717, 1.165) is 17.4 Å². The highest BCUT2D eigenvalue weighted by Gasteiger charge is 2.29. The van der Waals surface area contributed by atoms with Crippen LogP contribution >= 0.6 is 11.6 Å². The number of halogens is 4. The van der Waals surface area contributed by atoms with Gasteiger partial charge in [0.15, 0.2) is 18.2 Å². The van der Waals surface area contributed by atoms with Gasteiger partial charge in [-0.25, -0.2) is 13.4 Å². The number of nitrogens with zero attached hydrogens (tertiary/aromatic N) is 3. The number of hydrogen-bond donors (Lipinski definition) is 1. The third-order valence-corrected chi connectivity index (χ3v) is 5.63. The SMILES string of the molecule is CS(=O)(=O)Nc1cnc2cc(-c3ccc(Oc4cc(Cl)c(OCC(F)(F)F)c(C#N)c4)cc3)ccc2n1. The van der Waals surface area contributed by atoms with Crippen molar-refractivity contribution in [3.63, 3.8) is 0 Å². The lowest BCUT2D eigenvalue weighted by atomic mass is 10.0. The third kappa shape index (κ3) is 6.78. The van der Waals surface area contributed by atoms with Gasteiger partial charge in [0, 0.05) is 12.1 Å². The van der Waals surface area contributed by atoms with E-state index in [1.165, 1.54) is 18.3 Å². The van der Waals surface area contributed by atoms with E-state index in [-0.39, 0.29) is 27.9 Å². The van der Waals surface area contributed by atoms with Crippen molar-refractivity contribution in [3.8, 4) is 34.4 Å². The van der Waals surface area contributed by atoms with Crippen LogP contribution in [0, 0.1) is 11.3 Å². The zero-order valence-electron chi connectivity index (χ0n) is 18.9. The van der Waals surface area contributed by atoms with E-state index in [2.05, 4.69) is 19.4 Å². The third-order valence-electron chi connectivity index (χ3n) is 4.77. The number of sulfonamides is 1. The number of aromatic nitrogens is 2. The number of alkyl halides is 3. The predicted molar refractivity (Wildman–Crippen MR) is 131 cm³/mol. The predicted octanol–water partition coefficient (Wildman–Crippen LogP) is 5.93. The second-order valence-electron chi connectivity index (χ2n) is 7.76. The summed E-state index contributed by atoms with van der Waals surface area (Å²) in [5.41, 5.74) is 2.50. The topological polar surface area (TPSA) is 114 Å². The second kappa shape index (κ2) is 10.1. The molecule has 3 aromatic carbocycles. The molecule has 8 nitrogen and oxygen atoms in total. The number of nitriles is 1. The van der Waals surface area contributed by atoms with Gasteiger partial charge in [-0.2, -0.15) is 18.4 Å². The van der Waals surface area contributed by atoms with Crippen molar-refractivity contribution in [1.82, 2.24) is 9.97 Å². The Balaban J connectivity index is 1.52. The molecule has 190 valence electrons. The quantitative estimate of drug-likeness (QED) is 0.304. The van der Waals surface area contributed by atoms with Crippen molar-refractivity contribution < 1.29 is 31.1 Å². The smallest absolute Gasteiger partial charge is 0.422 e. The van der Waals surface area contributed by atoms with Gasteiger partial charge >= 0.3 is 6.18 Å². The van der Waals surface area contributed by atoms with Gasteiger partial charge in [0.1, 0.15) is 17.6 Å². The summed E-state index contributed by atoms with van der Waals surface area (Å²) < 4.78 is 72.9. The number of ether oxygens (including phenoxy) is 2. The summed E-state index contributed by atoms with van der Waals surface area (Å²) in [5.74, 6) is 0.282. The average molecular weight is 549 g/mol. The summed E-state index contributed by atoms with van der Waals surface area (Å²) in [6, 6.07) is 16.4. The highest BCUT2D eigenvalue weighted by Crippen LogP contribution is 2.36. The van der Waals surface area contributed by atoms with E-state index < -0.39 is 22.8 Å². The van der Waals surface area contributed by atoms with E-state index in [1.54, 1.807) is 48.5 Å².